The van der Waals surface area contributed by atoms with Crippen molar-refractivity contribution >= 4 is 17.5 Å². The zero-order valence-corrected chi connectivity index (χ0v) is 30.5. The minimum absolute atomic E-state index is 0.0600. The van der Waals surface area contributed by atoms with E-state index in [1.807, 2.05) is 12.1 Å². The number of aromatic hydroxyl groups is 2. The number of ether oxygens (including phenoxy) is 2. The number of fused-ring (bicyclic) bond motifs is 1. The number of piperidine rings is 1. The number of alkyl halides is 2. The Hall–Kier alpha value is -4.26. The molecule has 2 amide bonds. The van der Waals surface area contributed by atoms with E-state index in [2.05, 4.69) is 52.9 Å². The fourth-order valence-electron chi connectivity index (χ4n) is 7.99. The fourth-order valence-corrected chi connectivity index (χ4v) is 7.99. The number of nitrogens with one attached hydrogen (secondary N) is 2. The van der Waals surface area contributed by atoms with Crippen LogP contribution in [0.15, 0.2) is 60.7 Å². The molecule has 2 fully saturated rings. The lowest BCUT2D eigenvalue weighted by molar-refractivity contribution is -0.137. The SMILES string of the molecule is CN1CCC(c2ccccc2)(c2cc(CCOCCC(=O)N(CCNCCc3ccc(O)c4c3OCC(=O)N4)C3CCC(F)(F)CC3)ccc2O)CC1. The van der Waals surface area contributed by atoms with Gasteiger partial charge in [0.15, 0.2) is 12.4 Å². The van der Waals surface area contributed by atoms with E-state index in [9.17, 15) is 28.6 Å². The number of amides is 2. The Kier molecular flexibility index (Phi) is 12.5. The highest BCUT2D eigenvalue weighted by Gasteiger charge is 2.40. The molecule has 3 aromatic rings. The number of anilines is 1. The molecule has 53 heavy (non-hydrogen) atoms. The van der Waals surface area contributed by atoms with Crippen molar-refractivity contribution in [3.63, 3.8) is 0 Å². The van der Waals surface area contributed by atoms with E-state index in [-0.39, 0.29) is 80.0 Å². The number of rotatable bonds is 15. The molecule has 0 bridgehead atoms. The van der Waals surface area contributed by atoms with E-state index >= 15 is 0 Å². The summed E-state index contributed by atoms with van der Waals surface area (Å²) in [6.45, 7) is 3.78. The summed E-state index contributed by atoms with van der Waals surface area (Å²) in [5.41, 5.74) is 4.02. The summed E-state index contributed by atoms with van der Waals surface area (Å²) >= 11 is 0. The molecule has 2 aliphatic heterocycles. The van der Waals surface area contributed by atoms with Gasteiger partial charge in [0, 0.05) is 43.0 Å². The largest absolute Gasteiger partial charge is 0.508 e. The van der Waals surface area contributed by atoms with Crippen molar-refractivity contribution in [1.82, 2.24) is 15.1 Å². The van der Waals surface area contributed by atoms with Gasteiger partial charge in [0.05, 0.1) is 19.6 Å². The lowest BCUT2D eigenvalue weighted by Gasteiger charge is -2.42. The minimum atomic E-state index is -2.69. The van der Waals surface area contributed by atoms with Gasteiger partial charge in [-0.05, 0) is 94.0 Å². The summed E-state index contributed by atoms with van der Waals surface area (Å²) in [4.78, 5) is 29.3. The van der Waals surface area contributed by atoms with Crippen molar-refractivity contribution in [2.24, 2.45) is 0 Å². The molecule has 1 saturated carbocycles. The molecule has 0 radical (unpaired) electrons. The van der Waals surface area contributed by atoms with Crippen LogP contribution in [0.5, 0.6) is 17.2 Å². The summed E-state index contributed by atoms with van der Waals surface area (Å²) in [6.07, 6.45) is 3.20. The maximum Gasteiger partial charge on any atom is 0.262 e. The number of likely N-dealkylation sites (tertiary alicyclic amines) is 1. The van der Waals surface area contributed by atoms with Crippen molar-refractivity contribution < 1.29 is 38.1 Å². The Morgan fingerprint density at radius 2 is 1.72 bits per heavy atom. The normalized spacial score (nSPS) is 18.5. The quantitative estimate of drug-likeness (QED) is 0.117. The molecule has 0 atom stereocenters. The molecule has 12 heteroatoms. The second-order valence-electron chi connectivity index (χ2n) is 14.7. The summed E-state index contributed by atoms with van der Waals surface area (Å²) in [5, 5.41) is 27.2. The highest BCUT2D eigenvalue weighted by atomic mass is 19.3. The topological polar surface area (TPSA) is 124 Å². The molecule has 1 aliphatic carbocycles. The maximum absolute atomic E-state index is 14.0. The molecular weight excluding hydrogens is 682 g/mol. The number of carbonyl (C=O) groups is 2. The van der Waals surface area contributed by atoms with Crippen LogP contribution in [-0.4, -0.2) is 103 Å². The predicted molar refractivity (Wildman–Crippen MR) is 199 cm³/mol. The molecule has 0 spiro atoms. The standard InChI is InChI=1S/C41H52F2N4O6/c1-46-22-18-40(19-23-46,31-5-3-2-4-6-31)33-27-29(7-9-34(33)48)14-25-52-26-15-37(51)47(32-11-16-41(42,43)17-12-32)24-21-44-20-13-30-8-10-35(49)38-39(30)53-28-36(50)45-38/h2-10,27,32,44,48-49H,11-26,28H2,1H3,(H,45,50). The Morgan fingerprint density at radius 3 is 2.47 bits per heavy atom. The lowest BCUT2D eigenvalue weighted by atomic mass is 9.67. The first-order valence-corrected chi connectivity index (χ1v) is 18.8. The van der Waals surface area contributed by atoms with Gasteiger partial charge in [-0.1, -0.05) is 48.5 Å². The van der Waals surface area contributed by atoms with Crippen molar-refractivity contribution in [3.05, 3.63) is 82.9 Å². The van der Waals surface area contributed by atoms with Gasteiger partial charge in [-0.2, -0.15) is 0 Å². The lowest BCUT2D eigenvalue weighted by Crippen LogP contribution is -2.47. The predicted octanol–water partition coefficient (Wildman–Crippen LogP) is 5.63. The maximum atomic E-state index is 14.0. The molecule has 0 aromatic heterocycles. The van der Waals surface area contributed by atoms with Crippen LogP contribution >= 0.6 is 0 Å². The molecule has 286 valence electrons. The minimum Gasteiger partial charge on any atom is -0.508 e. The van der Waals surface area contributed by atoms with Gasteiger partial charge in [0.2, 0.25) is 11.8 Å². The third-order valence-electron chi connectivity index (χ3n) is 11.1. The van der Waals surface area contributed by atoms with Gasteiger partial charge in [-0.3, -0.25) is 9.59 Å². The molecular formula is C41H52F2N4O6. The number of phenolic OH excluding ortho intramolecular Hbond substituents is 2. The van der Waals surface area contributed by atoms with Gasteiger partial charge in [0.25, 0.3) is 5.91 Å². The number of halogens is 2. The van der Waals surface area contributed by atoms with Crippen LogP contribution in [0, 0.1) is 0 Å². The van der Waals surface area contributed by atoms with Crippen LogP contribution in [0.4, 0.5) is 14.5 Å². The number of carbonyl (C=O) groups excluding carboxylic acids is 2. The first-order chi connectivity index (χ1) is 25.5. The monoisotopic (exact) mass is 734 g/mol. The molecule has 3 aliphatic rings. The smallest absolute Gasteiger partial charge is 0.262 e. The van der Waals surface area contributed by atoms with Crippen molar-refractivity contribution in [2.75, 3.05) is 64.9 Å². The van der Waals surface area contributed by atoms with Crippen LogP contribution in [0.2, 0.25) is 0 Å². The number of hydrogen-bond donors (Lipinski definition) is 4. The highest BCUT2D eigenvalue weighted by Crippen LogP contribution is 2.45. The Bertz CT molecular complexity index is 1710. The van der Waals surface area contributed by atoms with Crippen molar-refractivity contribution in [2.45, 2.75) is 75.2 Å². The number of benzene rings is 3. The van der Waals surface area contributed by atoms with Crippen LogP contribution in [-0.2, 0) is 32.6 Å². The molecule has 0 unspecified atom stereocenters. The third kappa shape index (κ3) is 9.46. The summed E-state index contributed by atoms with van der Waals surface area (Å²) in [7, 11) is 2.13. The average Bonchev–Trinajstić information content (AvgIpc) is 3.15. The van der Waals surface area contributed by atoms with Gasteiger partial charge in [0.1, 0.15) is 17.2 Å². The van der Waals surface area contributed by atoms with Crippen LogP contribution in [0.1, 0.15) is 67.2 Å². The molecule has 3 aromatic carbocycles. The van der Waals surface area contributed by atoms with Gasteiger partial charge < -0.3 is 40.1 Å². The van der Waals surface area contributed by atoms with Crippen LogP contribution in [0.3, 0.4) is 0 Å². The van der Waals surface area contributed by atoms with E-state index in [1.165, 1.54) is 11.6 Å². The van der Waals surface area contributed by atoms with Gasteiger partial charge in [-0.25, -0.2) is 8.78 Å². The second-order valence-corrected chi connectivity index (χ2v) is 14.7. The van der Waals surface area contributed by atoms with Crippen LogP contribution in [0.25, 0.3) is 0 Å². The van der Waals surface area contributed by atoms with E-state index in [0.29, 0.717) is 50.6 Å². The molecule has 4 N–H and O–H groups in total. The second kappa shape index (κ2) is 17.3. The first kappa shape index (κ1) is 38.5. The molecule has 10 nitrogen and oxygen atoms in total. The van der Waals surface area contributed by atoms with Crippen molar-refractivity contribution in [1.29, 1.82) is 0 Å². The summed E-state index contributed by atoms with van der Waals surface area (Å²) in [5.74, 6) is -2.45. The fraction of sp³-hybridized carbons (Fsp3) is 0.512. The van der Waals surface area contributed by atoms with E-state index in [1.54, 1.807) is 17.0 Å². The van der Waals surface area contributed by atoms with Crippen LogP contribution < -0.4 is 15.4 Å². The molecule has 6 rings (SSSR count). The zero-order chi connectivity index (χ0) is 37.4. The average molecular weight is 735 g/mol. The van der Waals surface area contributed by atoms with Gasteiger partial charge in [-0.15, -0.1) is 0 Å². The van der Waals surface area contributed by atoms with Gasteiger partial charge >= 0.3 is 0 Å². The third-order valence-corrected chi connectivity index (χ3v) is 11.1. The molecule has 2 heterocycles. The Balaban J connectivity index is 1.01. The Morgan fingerprint density at radius 1 is 0.981 bits per heavy atom. The number of nitrogens with zero attached hydrogens (tertiary/aromatic N) is 2. The molecule has 1 saturated heterocycles. The van der Waals surface area contributed by atoms with E-state index in [4.69, 9.17) is 9.47 Å². The van der Waals surface area contributed by atoms with E-state index < -0.39 is 5.92 Å². The zero-order valence-electron chi connectivity index (χ0n) is 30.5. The number of hydrogen-bond acceptors (Lipinski definition) is 8. The summed E-state index contributed by atoms with van der Waals surface area (Å²) in [6, 6.07) is 19.3. The first-order valence-electron chi connectivity index (χ1n) is 18.8. The Labute approximate surface area is 310 Å². The summed E-state index contributed by atoms with van der Waals surface area (Å²) < 4.78 is 39.6. The highest BCUT2D eigenvalue weighted by molar-refractivity contribution is 5.97. The number of phenols is 2. The van der Waals surface area contributed by atoms with E-state index in [0.717, 1.165) is 42.6 Å². The van der Waals surface area contributed by atoms with Crippen molar-refractivity contribution in [3.8, 4) is 17.2 Å².